The lowest BCUT2D eigenvalue weighted by Gasteiger charge is -2.15. The Hall–Kier alpha value is 0.260. The molecule has 0 radical (unpaired) electrons. The third kappa shape index (κ3) is 9.98. The van der Waals surface area contributed by atoms with Crippen molar-refractivity contribution in [3.8, 4) is 11.5 Å². The van der Waals surface area contributed by atoms with Crippen molar-refractivity contribution in [3.05, 3.63) is 54.3 Å². The summed E-state index contributed by atoms with van der Waals surface area (Å²) in [6, 6.07) is 9.88. The quantitative estimate of drug-likeness (QED) is 0.321. The normalized spacial score (nSPS) is 11.4. The monoisotopic (exact) mass is 660 g/mol. The van der Waals surface area contributed by atoms with Gasteiger partial charge in [0.2, 0.25) is 0 Å². The first-order valence-electron chi connectivity index (χ1n) is 6.17. The van der Waals surface area contributed by atoms with Gasteiger partial charge in [0.25, 0.3) is 0 Å². The van der Waals surface area contributed by atoms with Crippen molar-refractivity contribution in [3.63, 3.8) is 0 Å². The molecule has 0 aliphatic carbocycles. The third-order valence-corrected chi connectivity index (χ3v) is 5.30. The molecule has 2 aromatic carbocycles. The largest absolute Gasteiger partial charge is 0.584 e. The summed E-state index contributed by atoms with van der Waals surface area (Å²) in [5.41, 5.74) is 0. The topological polar surface area (TPSA) is 134 Å². The van der Waals surface area contributed by atoms with Gasteiger partial charge in [-0.3, -0.25) is 4.89 Å². The minimum atomic E-state index is -4.64. The zero-order valence-corrected chi connectivity index (χ0v) is 20.4. The summed E-state index contributed by atoms with van der Waals surface area (Å²) >= 11 is 13.1. The zero-order valence-electron chi connectivity index (χ0n) is 12.3. The molecule has 144 valence electrons. The van der Waals surface area contributed by atoms with Crippen molar-refractivity contribution < 1.29 is 37.8 Å². The maximum atomic E-state index is 12.1. The van der Waals surface area contributed by atoms with Crippen molar-refractivity contribution in [1.82, 2.24) is 0 Å². The molecule has 0 aliphatic rings. The fourth-order valence-corrected chi connectivity index (χ4v) is 4.72. The second kappa shape index (κ2) is 10.2. The molecule has 0 saturated heterocycles. The summed E-state index contributed by atoms with van der Waals surface area (Å²) < 4.78 is 33.8. The smallest absolute Gasteiger partial charge is 0.394 e. The van der Waals surface area contributed by atoms with Crippen LogP contribution in [0.2, 0.25) is 0 Å². The van der Waals surface area contributed by atoms with Gasteiger partial charge in [-0.1, -0.05) is 31.9 Å². The Morgan fingerprint density at radius 3 is 1.27 bits per heavy atom. The Morgan fingerprint density at radius 1 is 0.692 bits per heavy atom. The van der Waals surface area contributed by atoms with Gasteiger partial charge in [0.1, 0.15) is 11.5 Å². The van der Waals surface area contributed by atoms with Crippen molar-refractivity contribution in [2.75, 3.05) is 0 Å². The van der Waals surface area contributed by atoms with E-state index in [2.05, 4.69) is 63.7 Å². The molecule has 2 aromatic rings. The minimum Gasteiger partial charge on any atom is -0.394 e. The number of hydrogen-bond donors (Lipinski definition) is 4. The minimum absolute atomic E-state index is 0.206. The number of benzene rings is 2. The molecule has 0 bridgehead atoms. The van der Waals surface area contributed by atoms with Gasteiger partial charge in [-0.2, -0.15) is 0 Å². The van der Waals surface area contributed by atoms with E-state index in [-0.39, 0.29) is 11.5 Å². The average molecular weight is 664 g/mol. The second-order valence-corrected chi connectivity index (χ2v) is 10.2. The maximum absolute atomic E-state index is 12.1. The molecular weight excluding hydrogens is 654 g/mol. The summed E-state index contributed by atoms with van der Waals surface area (Å²) in [6.45, 7) is 0. The van der Waals surface area contributed by atoms with Gasteiger partial charge in [0.15, 0.2) is 0 Å². The number of phosphoric ester groups is 1. The van der Waals surface area contributed by atoms with Crippen LogP contribution in [0.4, 0.5) is 0 Å². The Bertz CT molecular complexity index is 807. The second-order valence-electron chi connectivity index (χ2n) is 4.31. The van der Waals surface area contributed by atoms with Crippen LogP contribution in [-0.2, 0) is 9.13 Å². The summed E-state index contributed by atoms with van der Waals surface area (Å²) in [5, 5.41) is 0. The van der Waals surface area contributed by atoms with Crippen molar-refractivity contribution >= 4 is 79.4 Å². The van der Waals surface area contributed by atoms with Crippen molar-refractivity contribution in [2.24, 2.45) is 0 Å². The summed E-state index contributed by atoms with van der Waals surface area (Å²) in [4.78, 5) is 31.4. The number of hydrogen-bond acceptors (Lipinski definition) is 4. The lowest BCUT2D eigenvalue weighted by molar-refractivity contribution is 0.275. The number of rotatable bonds is 4. The van der Waals surface area contributed by atoms with Gasteiger partial charge in [-0.25, -0.2) is 9.13 Å². The summed E-state index contributed by atoms with van der Waals surface area (Å²) in [5.74, 6) is 0.412. The molecule has 0 spiro atoms. The molecule has 2 rings (SSSR count). The van der Waals surface area contributed by atoms with Gasteiger partial charge in [0, 0.05) is 8.95 Å². The van der Waals surface area contributed by atoms with E-state index < -0.39 is 15.6 Å². The first-order chi connectivity index (χ1) is 11.8. The van der Waals surface area contributed by atoms with E-state index in [0.717, 1.165) is 8.95 Å². The predicted octanol–water partition coefficient (Wildman–Crippen LogP) is 5.37. The predicted molar refractivity (Wildman–Crippen MR) is 109 cm³/mol. The SMILES string of the molecule is O=P(O)(O)O.O=P(O)(Oc1ccc(Br)cc1Br)Oc1ccc(Br)cc1Br. The van der Waals surface area contributed by atoms with Crippen LogP contribution in [0.25, 0.3) is 0 Å². The highest BCUT2D eigenvalue weighted by molar-refractivity contribution is 9.11. The highest BCUT2D eigenvalue weighted by atomic mass is 79.9. The Balaban J connectivity index is 0.000000597. The first-order valence-corrected chi connectivity index (χ1v) is 12.4. The van der Waals surface area contributed by atoms with E-state index >= 15 is 0 Å². The van der Waals surface area contributed by atoms with E-state index in [1.165, 1.54) is 0 Å². The molecule has 0 atom stereocenters. The Morgan fingerprint density at radius 2 is 1.00 bits per heavy atom. The fourth-order valence-electron chi connectivity index (χ4n) is 1.37. The molecule has 0 aliphatic heterocycles. The van der Waals surface area contributed by atoms with E-state index in [1.54, 1.807) is 36.4 Å². The summed E-state index contributed by atoms with van der Waals surface area (Å²) in [6.07, 6.45) is 0. The van der Waals surface area contributed by atoms with Crippen LogP contribution in [0.5, 0.6) is 11.5 Å². The van der Waals surface area contributed by atoms with Crippen LogP contribution in [0.1, 0.15) is 0 Å². The van der Waals surface area contributed by atoms with Crippen molar-refractivity contribution in [2.45, 2.75) is 0 Å². The average Bonchev–Trinajstić information content (AvgIpc) is 2.43. The van der Waals surface area contributed by atoms with Gasteiger partial charge in [0.05, 0.1) is 8.95 Å². The fraction of sp³-hybridized carbons (Fsp3) is 0. The number of phosphoric acid groups is 2. The molecule has 0 aromatic heterocycles. The van der Waals surface area contributed by atoms with E-state index in [9.17, 15) is 9.46 Å². The van der Waals surface area contributed by atoms with Crippen molar-refractivity contribution in [1.29, 1.82) is 0 Å². The molecule has 8 nitrogen and oxygen atoms in total. The van der Waals surface area contributed by atoms with Gasteiger partial charge >= 0.3 is 15.6 Å². The standard InChI is InChI=1S/C12H7Br4O4P.H3O4P/c13-7-1-3-11(9(15)5-7)19-21(17,18)20-12-4-2-8(14)6-10(12)16;1-5(2,3)4/h1-6H,(H,17,18);(H3,1,2,3,4). The Labute approximate surface area is 181 Å². The highest BCUT2D eigenvalue weighted by Gasteiger charge is 2.27. The molecule has 0 heterocycles. The van der Waals surface area contributed by atoms with Crippen LogP contribution >= 0.6 is 79.4 Å². The molecule has 0 fully saturated rings. The van der Waals surface area contributed by atoms with E-state index in [1.807, 2.05) is 0 Å². The van der Waals surface area contributed by atoms with Gasteiger partial charge in [-0.15, -0.1) is 0 Å². The van der Waals surface area contributed by atoms with Crippen LogP contribution in [0.15, 0.2) is 54.3 Å². The molecule has 26 heavy (non-hydrogen) atoms. The van der Waals surface area contributed by atoms with Gasteiger partial charge < -0.3 is 23.7 Å². The first kappa shape index (κ1) is 24.3. The molecule has 0 amide bonds. The van der Waals surface area contributed by atoms with E-state index in [4.69, 9.17) is 28.3 Å². The van der Waals surface area contributed by atoms with Gasteiger partial charge in [-0.05, 0) is 68.3 Å². The molecule has 0 saturated carbocycles. The molecule has 0 unspecified atom stereocenters. The lowest BCUT2D eigenvalue weighted by atomic mass is 10.3. The Kier molecular flexibility index (Phi) is 9.49. The zero-order chi connectivity index (χ0) is 20.1. The molecule has 14 heteroatoms. The highest BCUT2D eigenvalue weighted by Crippen LogP contribution is 2.48. The van der Waals surface area contributed by atoms with Crippen LogP contribution in [0.3, 0.4) is 0 Å². The molecular formula is C12H10Br4O8P2. The van der Waals surface area contributed by atoms with Crippen LogP contribution in [-0.4, -0.2) is 19.6 Å². The lowest BCUT2D eigenvalue weighted by Crippen LogP contribution is -2.00. The van der Waals surface area contributed by atoms with Crippen LogP contribution in [0, 0.1) is 0 Å². The van der Waals surface area contributed by atoms with E-state index in [0.29, 0.717) is 8.95 Å². The maximum Gasteiger partial charge on any atom is 0.584 e. The molecule has 4 N–H and O–H groups in total. The van der Waals surface area contributed by atoms with Crippen LogP contribution < -0.4 is 9.05 Å². The number of halogens is 4. The third-order valence-electron chi connectivity index (χ3n) is 2.22. The summed E-state index contributed by atoms with van der Waals surface area (Å²) in [7, 11) is -8.95.